The summed E-state index contributed by atoms with van der Waals surface area (Å²) < 4.78 is 1.91. The van der Waals surface area contributed by atoms with Crippen LogP contribution in [-0.4, -0.2) is 22.4 Å². The predicted octanol–water partition coefficient (Wildman–Crippen LogP) is 3.69. The molecular formula is C17H31N3. The maximum Gasteiger partial charge on any atom is 0.0521 e. The van der Waals surface area contributed by atoms with Gasteiger partial charge in [-0.1, -0.05) is 39.0 Å². The first-order valence-corrected chi connectivity index (χ1v) is 8.49. The summed E-state index contributed by atoms with van der Waals surface area (Å²) >= 11 is 0. The summed E-state index contributed by atoms with van der Waals surface area (Å²) in [5, 5.41) is 8.04. The number of aryl methyl sites for hydroxylation is 2. The van der Waals surface area contributed by atoms with Crippen molar-refractivity contribution in [3.63, 3.8) is 0 Å². The smallest absolute Gasteiger partial charge is 0.0521 e. The largest absolute Gasteiger partial charge is 0.314 e. The van der Waals surface area contributed by atoms with Gasteiger partial charge in [-0.05, 0) is 43.7 Å². The van der Waals surface area contributed by atoms with Crippen molar-refractivity contribution in [3.05, 3.63) is 18.0 Å². The topological polar surface area (TPSA) is 29.9 Å². The molecule has 0 aliphatic heterocycles. The fraction of sp³-hybridized carbons (Fsp3) is 0.824. The van der Waals surface area contributed by atoms with E-state index in [0.29, 0.717) is 6.04 Å². The molecular weight excluding hydrogens is 246 g/mol. The Morgan fingerprint density at radius 1 is 1.35 bits per heavy atom. The molecule has 114 valence electrons. The number of hydrogen-bond acceptors (Lipinski definition) is 2. The van der Waals surface area contributed by atoms with Crippen LogP contribution in [0.4, 0.5) is 0 Å². The Labute approximate surface area is 124 Å². The minimum atomic E-state index is 0.693. The molecule has 0 spiro atoms. The zero-order valence-electron chi connectivity index (χ0n) is 13.3. The Balaban J connectivity index is 1.79. The second kappa shape index (κ2) is 8.46. The molecule has 1 aromatic heterocycles. The first-order valence-electron chi connectivity index (χ1n) is 8.49. The van der Waals surface area contributed by atoms with E-state index in [9.17, 15) is 0 Å². The maximum atomic E-state index is 4.27. The van der Waals surface area contributed by atoms with Crippen LogP contribution in [0, 0.1) is 5.92 Å². The van der Waals surface area contributed by atoms with Gasteiger partial charge in [0.1, 0.15) is 0 Å². The van der Waals surface area contributed by atoms with Crippen LogP contribution in [0.2, 0.25) is 0 Å². The molecule has 1 aliphatic rings. The van der Waals surface area contributed by atoms with Gasteiger partial charge in [-0.3, -0.25) is 4.68 Å². The molecule has 3 nitrogen and oxygen atoms in total. The zero-order chi connectivity index (χ0) is 14.2. The second-order valence-electron chi connectivity index (χ2n) is 6.45. The fourth-order valence-corrected chi connectivity index (χ4v) is 3.42. The molecule has 1 fully saturated rings. The third kappa shape index (κ3) is 5.28. The highest BCUT2D eigenvalue weighted by Gasteiger charge is 2.18. The third-order valence-electron chi connectivity index (χ3n) is 4.57. The van der Waals surface area contributed by atoms with Crippen LogP contribution < -0.4 is 5.32 Å². The van der Waals surface area contributed by atoms with Gasteiger partial charge in [0.15, 0.2) is 0 Å². The van der Waals surface area contributed by atoms with Crippen LogP contribution in [0.3, 0.4) is 0 Å². The Morgan fingerprint density at radius 3 is 2.80 bits per heavy atom. The van der Waals surface area contributed by atoms with Crippen LogP contribution in [0.5, 0.6) is 0 Å². The van der Waals surface area contributed by atoms with Gasteiger partial charge in [-0.25, -0.2) is 0 Å². The molecule has 1 heterocycles. The average molecular weight is 277 g/mol. The highest BCUT2D eigenvalue weighted by atomic mass is 15.2. The van der Waals surface area contributed by atoms with Crippen molar-refractivity contribution in [3.8, 4) is 0 Å². The van der Waals surface area contributed by atoms with Crippen molar-refractivity contribution in [2.24, 2.45) is 13.0 Å². The standard InChI is InChI=1S/C17H31N3/c1-3-11-18-17(12-15-7-5-4-6-8-15)10-9-16-13-19-20(2)14-16/h13-15,17-18H,3-12H2,1-2H3. The summed E-state index contributed by atoms with van der Waals surface area (Å²) in [4.78, 5) is 0. The van der Waals surface area contributed by atoms with Crippen molar-refractivity contribution in [2.75, 3.05) is 6.54 Å². The highest BCUT2D eigenvalue weighted by Crippen LogP contribution is 2.28. The predicted molar refractivity (Wildman–Crippen MR) is 84.8 cm³/mol. The molecule has 20 heavy (non-hydrogen) atoms. The van der Waals surface area contributed by atoms with Gasteiger partial charge in [-0.15, -0.1) is 0 Å². The van der Waals surface area contributed by atoms with Crippen molar-refractivity contribution in [1.82, 2.24) is 15.1 Å². The zero-order valence-corrected chi connectivity index (χ0v) is 13.3. The molecule has 1 aliphatic carbocycles. The summed E-state index contributed by atoms with van der Waals surface area (Å²) in [5.74, 6) is 0.965. The van der Waals surface area contributed by atoms with Crippen LogP contribution in [0.15, 0.2) is 12.4 Å². The van der Waals surface area contributed by atoms with Crippen molar-refractivity contribution in [2.45, 2.75) is 70.8 Å². The SMILES string of the molecule is CCCNC(CCc1cnn(C)c1)CC1CCCCC1. The lowest BCUT2D eigenvalue weighted by Crippen LogP contribution is -2.32. The highest BCUT2D eigenvalue weighted by molar-refractivity contribution is 5.04. The molecule has 3 heteroatoms. The lowest BCUT2D eigenvalue weighted by atomic mass is 9.84. The molecule has 1 N–H and O–H groups in total. The van der Waals surface area contributed by atoms with E-state index in [1.54, 1.807) is 0 Å². The molecule has 1 atom stereocenters. The van der Waals surface area contributed by atoms with E-state index < -0.39 is 0 Å². The molecule has 0 amide bonds. The minimum absolute atomic E-state index is 0.693. The fourth-order valence-electron chi connectivity index (χ4n) is 3.42. The lowest BCUT2D eigenvalue weighted by Gasteiger charge is -2.27. The van der Waals surface area contributed by atoms with E-state index in [0.717, 1.165) is 18.9 Å². The van der Waals surface area contributed by atoms with Crippen LogP contribution in [-0.2, 0) is 13.5 Å². The summed E-state index contributed by atoms with van der Waals surface area (Å²) in [5.41, 5.74) is 1.37. The van der Waals surface area contributed by atoms with Gasteiger partial charge in [0.2, 0.25) is 0 Å². The van der Waals surface area contributed by atoms with Gasteiger partial charge < -0.3 is 5.32 Å². The molecule has 1 saturated carbocycles. The minimum Gasteiger partial charge on any atom is -0.314 e. The monoisotopic (exact) mass is 277 g/mol. The molecule has 0 radical (unpaired) electrons. The Morgan fingerprint density at radius 2 is 2.15 bits per heavy atom. The molecule has 0 saturated heterocycles. The quantitative estimate of drug-likeness (QED) is 0.785. The Hall–Kier alpha value is -0.830. The van der Waals surface area contributed by atoms with Gasteiger partial charge in [0.25, 0.3) is 0 Å². The first-order chi connectivity index (χ1) is 9.78. The van der Waals surface area contributed by atoms with Gasteiger partial charge >= 0.3 is 0 Å². The van der Waals surface area contributed by atoms with Gasteiger partial charge in [0, 0.05) is 19.3 Å². The van der Waals surface area contributed by atoms with Crippen LogP contribution in [0.1, 0.15) is 63.9 Å². The Kier molecular flexibility index (Phi) is 6.58. The van der Waals surface area contributed by atoms with E-state index in [1.165, 1.54) is 56.9 Å². The van der Waals surface area contributed by atoms with Crippen molar-refractivity contribution < 1.29 is 0 Å². The van der Waals surface area contributed by atoms with E-state index in [1.807, 2.05) is 17.9 Å². The number of hydrogen-bond donors (Lipinski definition) is 1. The average Bonchev–Trinajstić information content (AvgIpc) is 2.88. The third-order valence-corrected chi connectivity index (χ3v) is 4.57. The van der Waals surface area contributed by atoms with E-state index in [4.69, 9.17) is 0 Å². The number of nitrogens with zero attached hydrogens (tertiary/aromatic N) is 2. The van der Waals surface area contributed by atoms with Gasteiger partial charge in [0.05, 0.1) is 6.20 Å². The molecule has 1 aromatic rings. The second-order valence-corrected chi connectivity index (χ2v) is 6.45. The number of rotatable bonds is 8. The Bertz CT molecular complexity index is 366. The summed E-state index contributed by atoms with van der Waals surface area (Å²) in [6.45, 7) is 3.41. The molecule has 0 aromatic carbocycles. The molecule has 1 unspecified atom stereocenters. The van der Waals surface area contributed by atoms with E-state index >= 15 is 0 Å². The molecule has 2 rings (SSSR count). The van der Waals surface area contributed by atoms with Crippen LogP contribution in [0.25, 0.3) is 0 Å². The van der Waals surface area contributed by atoms with Gasteiger partial charge in [-0.2, -0.15) is 5.10 Å². The molecule has 0 bridgehead atoms. The first kappa shape index (κ1) is 15.6. The van der Waals surface area contributed by atoms with Crippen LogP contribution >= 0.6 is 0 Å². The number of aromatic nitrogens is 2. The maximum absolute atomic E-state index is 4.27. The van der Waals surface area contributed by atoms with Crippen molar-refractivity contribution in [1.29, 1.82) is 0 Å². The normalized spacial score (nSPS) is 18.3. The van der Waals surface area contributed by atoms with Crippen molar-refractivity contribution >= 4 is 0 Å². The summed E-state index contributed by atoms with van der Waals surface area (Å²) in [6, 6.07) is 0.693. The number of nitrogens with one attached hydrogen (secondary N) is 1. The van der Waals surface area contributed by atoms with E-state index in [-0.39, 0.29) is 0 Å². The lowest BCUT2D eigenvalue weighted by molar-refractivity contribution is 0.291. The summed E-state index contributed by atoms with van der Waals surface area (Å²) in [6.07, 6.45) is 16.4. The summed E-state index contributed by atoms with van der Waals surface area (Å²) in [7, 11) is 2.00. The van der Waals surface area contributed by atoms with E-state index in [2.05, 4.69) is 23.5 Å².